The zero-order valence-electron chi connectivity index (χ0n) is 10.6. The lowest BCUT2D eigenvalue weighted by molar-refractivity contribution is 0.0481. The van der Waals surface area contributed by atoms with Gasteiger partial charge in [0, 0.05) is 26.0 Å². The SMILES string of the molecule is CCn1c(C2(N)CCOCC2)nc2cccnc21. The van der Waals surface area contributed by atoms with E-state index in [0.29, 0.717) is 13.2 Å². The maximum absolute atomic E-state index is 6.53. The van der Waals surface area contributed by atoms with Gasteiger partial charge in [-0.1, -0.05) is 0 Å². The highest BCUT2D eigenvalue weighted by Crippen LogP contribution is 2.30. The van der Waals surface area contributed by atoms with Gasteiger partial charge >= 0.3 is 0 Å². The van der Waals surface area contributed by atoms with Crippen molar-refractivity contribution in [3.63, 3.8) is 0 Å². The van der Waals surface area contributed by atoms with Crippen LogP contribution in [0.4, 0.5) is 0 Å². The second kappa shape index (κ2) is 4.33. The van der Waals surface area contributed by atoms with Crippen LogP contribution < -0.4 is 5.73 Å². The van der Waals surface area contributed by atoms with Crippen LogP contribution in [-0.4, -0.2) is 27.7 Å². The Morgan fingerprint density at radius 3 is 2.94 bits per heavy atom. The van der Waals surface area contributed by atoms with E-state index in [2.05, 4.69) is 16.5 Å². The Labute approximate surface area is 106 Å². The molecule has 0 aromatic carbocycles. The molecule has 1 aliphatic heterocycles. The number of hydrogen-bond donors (Lipinski definition) is 1. The van der Waals surface area contributed by atoms with Gasteiger partial charge in [-0.25, -0.2) is 9.97 Å². The predicted molar refractivity (Wildman–Crippen MR) is 69.1 cm³/mol. The number of ether oxygens (including phenoxy) is 1. The molecule has 0 saturated carbocycles. The molecule has 96 valence electrons. The summed E-state index contributed by atoms with van der Waals surface area (Å²) in [6.07, 6.45) is 3.43. The van der Waals surface area contributed by atoms with Gasteiger partial charge in [0.25, 0.3) is 0 Å². The molecule has 0 atom stereocenters. The minimum atomic E-state index is -0.380. The number of imidazole rings is 1. The van der Waals surface area contributed by atoms with E-state index >= 15 is 0 Å². The van der Waals surface area contributed by atoms with Crippen molar-refractivity contribution in [3.05, 3.63) is 24.2 Å². The summed E-state index contributed by atoms with van der Waals surface area (Å²) in [6, 6.07) is 3.90. The summed E-state index contributed by atoms with van der Waals surface area (Å²) in [4.78, 5) is 9.11. The Morgan fingerprint density at radius 1 is 1.44 bits per heavy atom. The molecule has 5 heteroatoms. The number of fused-ring (bicyclic) bond motifs is 1. The molecule has 0 unspecified atom stereocenters. The average molecular weight is 246 g/mol. The van der Waals surface area contributed by atoms with Crippen LogP contribution in [0.5, 0.6) is 0 Å². The first-order valence-electron chi connectivity index (χ1n) is 6.43. The number of hydrogen-bond acceptors (Lipinski definition) is 4. The Bertz CT molecular complexity index is 557. The van der Waals surface area contributed by atoms with Crippen LogP contribution in [0.15, 0.2) is 18.3 Å². The lowest BCUT2D eigenvalue weighted by atomic mass is 9.90. The number of aromatic nitrogens is 3. The molecule has 5 nitrogen and oxygen atoms in total. The summed E-state index contributed by atoms with van der Waals surface area (Å²) in [6.45, 7) is 4.35. The van der Waals surface area contributed by atoms with Crippen LogP contribution in [0.3, 0.4) is 0 Å². The van der Waals surface area contributed by atoms with Gasteiger partial charge in [-0.3, -0.25) is 0 Å². The first-order chi connectivity index (χ1) is 8.74. The van der Waals surface area contributed by atoms with E-state index in [1.54, 1.807) is 6.20 Å². The third-order valence-electron chi connectivity index (χ3n) is 3.65. The lowest BCUT2D eigenvalue weighted by Gasteiger charge is -2.32. The maximum atomic E-state index is 6.53. The molecular formula is C13H18N4O. The maximum Gasteiger partial charge on any atom is 0.160 e. The summed E-state index contributed by atoms with van der Waals surface area (Å²) in [5.41, 5.74) is 7.99. The molecule has 1 fully saturated rings. The summed E-state index contributed by atoms with van der Waals surface area (Å²) in [7, 11) is 0. The number of aryl methyl sites for hydroxylation is 1. The van der Waals surface area contributed by atoms with Gasteiger partial charge in [0.2, 0.25) is 0 Å². The molecule has 2 N–H and O–H groups in total. The van der Waals surface area contributed by atoms with E-state index in [0.717, 1.165) is 36.4 Å². The topological polar surface area (TPSA) is 66.0 Å². The van der Waals surface area contributed by atoms with Crippen LogP contribution in [0.25, 0.3) is 11.2 Å². The lowest BCUT2D eigenvalue weighted by Crippen LogP contribution is -2.44. The van der Waals surface area contributed by atoms with E-state index in [1.807, 2.05) is 12.1 Å². The summed E-state index contributed by atoms with van der Waals surface area (Å²) in [5, 5.41) is 0. The largest absolute Gasteiger partial charge is 0.381 e. The third kappa shape index (κ3) is 1.71. The summed E-state index contributed by atoms with van der Waals surface area (Å²) in [5.74, 6) is 0.946. The van der Waals surface area contributed by atoms with Gasteiger partial charge in [0.1, 0.15) is 11.3 Å². The summed E-state index contributed by atoms with van der Waals surface area (Å²) >= 11 is 0. The van der Waals surface area contributed by atoms with E-state index in [-0.39, 0.29) is 5.54 Å². The monoisotopic (exact) mass is 246 g/mol. The van der Waals surface area contributed by atoms with Crippen molar-refractivity contribution in [2.75, 3.05) is 13.2 Å². The highest BCUT2D eigenvalue weighted by atomic mass is 16.5. The Balaban J connectivity index is 2.15. The molecule has 2 aromatic heterocycles. The molecule has 3 heterocycles. The minimum absolute atomic E-state index is 0.380. The van der Waals surface area contributed by atoms with Crippen molar-refractivity contribution in [3.8, 4) is 0 Å². The Hall–Kier alpha value is -1.46. The van der Waals surface area contributed by atoms with Crippen LogP contribution in [0, 0.1) is 0 Å². The summed E-state index contributed by atoms with van der Waals surface area (Å²) < 4.78 is 7.53. The van der Waals surface area contributed by atoms with Crippen molar-refractivity contribution in [1.29, 1.82) is 0 Å². The Morgan fingerprint density at radius 2 is 2.22 bits per heavy atom. The average Bonchev–Trinajstić information content (AvgIpc) is 2.79. The zero-order chi connectivity index (χ0) is 12.6. The van der Waals surface area contributed by atoms with Crippen molar-refractivity contribution in [2.24, 2.45) is 5.73 Å². The van der Waals surface area contributed by atoms with E-state index in [4.69, 9.17) is 15.5 Å². The van der Waals surface area contributed by atoms with Crippen molar-refractivity contribution >= 4 is 11.2 Å². The van der Waals surface area contributed by atoms with E-state index < -0.39 is 0 Å². The zero-order valence-corrected chi connectivity index (χ0v) is 10.6. The first-order valence-corrected chi connectivity index (χ1v) is 6.43. The predicted octanol–water partition coefficient (Wildman–Crippen LogP) is 1.42. The smallest absolute Gasteiger partial charge is 0.160 e. The van der Waals surface area contributed by atoms with Gasteiger partial charge in [0.05, 0.1) is 5.54 Å². The van der Waals surface area contributed by atoms with E-state index in [9.17, 15) is 0 Å². The molecule has 1 saturated heterocycles. The van der Waals surface area contributed by atoms with Crippen molar-refractivity contribution in [2.45, 2.75) is 31.8 Å². The molecule has 3 rings (SSSR count). The van der Waals surface area contributed by atoms with Crippen molar-refractivity contribution < 1.29 is 4.74 Å². The molecular weight excluding hydrogens is 228 g/mol. The van der Waals surface area contributed by atoms with Gasteiger partial charge in [0.15, 0.2) is 5.65 Å². The fourth-order valence-electron chi connectivity index (χ4n) is 2.60. The second-order valence-corrected chi connectivity index (χ2v) is 4.79. The standard InChI is InChI=1S/C13H18N4O/c1-2-17-11-10(4-3-7-15-11)16-12(17)13(14)5-8-18-9-6-13/h3-4,7H,2,5-6,8-9,14H2,1H3. The molecule has 2 aromatic rings. The molecule has 0 aliphatic carbocycles. The highest BCUT2D eigenvalue weighted by Gasteiger charge is 2.35. The third-order valence-corrected chi connectivity index (χ3v) is 3.65. The molecule has 0 amide bonds. The quantitative estimate of drug-likeness (QED) is 0.870. The second-order valence-electron chi connectivity index (χ2n) is 4.79. The van der Waals surface area contributed by atoms with Crippen molar-refractivity contribution in [1.82, 2.24) is 14.5 Å². The number of pyridine rings is 1. The van der Waals surface area contributed by atoms with Crippen LogP contribution in [0.2, 0.25) is 0 Å². The van der Waals surface area contributed by atoms with Gasteiger partial charge in [-0.2, -0.15) is 0 Å². The molecule has 18 heavy (non-hydrogen) atoms. The van der Waals surface area contributed by atoms with Gasteiger partial charge in [-0.15, -0.1) is 0 Å². The number of nitrogens with zero attached hydrogens (tertiary/aromatic N) is 3. The molecule has 1 aliphatic rings. The van der Waals surface area contributed by atoms with Gasteiger partial charge in [-0.05, 0) is 31.9 Å². The first kappa shape index (κ1) is 11.6. The van der Waals surface area contributed by atoms with E-state index in [1.165, 1.54) is 0 Å². The van der Waals surface area contributed by atoms with Crippen LogP contribution in [-0.2, 0) is 16.8 Å². The fraction of sp³-hybridized carbons (Fsp3) is 0.538. The normalized spacial score (nSPS) is 19.2. The molecule has 0 radical (unpaired) electrons. The van der Waals surface area contributed by atoms with Crippen LogP contribution in [0.1, 0.15) is 25.6 Å². The van der Waals surface area contributed by atoms with Crippen LogP contribution >= 0.6 is 0 Å². The molecule has 0 bridgehead atoms. The minimum Gasteiger partial charge on any atom is -0.381 e. The Kier molecular flexibility index (Phi) is 2.80. The molecule has 0 spiro atoms. The van der Waals surface area contributed by atoms with Gasteiger partial charge < -0.3 is 15.0 Å². The highest BCUT2D eigenvalue weighted by molar-refractivity contribution is 5.71. The number of rotatable bonds is 2. The fourth-order valence-corrected chi connectivity index (χ4v) is 2.60. The number of nitrogens with two attached hydrogens (primary N) is 1.